The summed E-state index contributed by atoms with van der Waals surface area (Å²) < 4.78 is 26.5. The Bertz CT molecular complexity index is 525. The molecule has 0 radical (unpaired) electrons. The fraction of sp³-hybridized carbons (Fsp3) is 0.600. The van der Waals surface area contributed by atoms with Gasteiger partial charge in [0.1, 0.15) is 0 Å². The molecule has 0 aromatic heterocycles. The van der Waals surface area contributed by atoms with Crippen LogP contribution in [0.3, 0.4) is 0 Å². The van der Waals surface area contributed by atoms with E-state index in [2.05, 4.69) is 6.92 Å². The minimum atomic E-state index is -3.23. The number of hydrogen-bond donors (Lipinski definition) is 1. The average Bonchev–Trinajstić information content (AvgIpc) is 2.48. The summed E-state index contributed by atoms with van der Waals surface area (Å²) >= 11 is 0. The third-order valence-electron chi connectivity index (χ3n) is 4.01. The second kappa shape index (κ2) is 6.70. The van der Waals surface area contributed by atoms with E-state index in [1.165, 1.54) is 0 Å². The van der Waals surface area contributed by atoms with Crippen molar-refractivity contribution in [3.05, 3.63) is 35.4 Å². The van der Waals surface area contributed by atoms with E-state index in [0.29, 0.717) is 19.0 Å². The molecule has 1 aromatic rings. The van der Waals surface area contributed by atoms with Crippen molar-refractivity contribution in [3.8, 4) is 0 Å². The maximum absolute atomic E-state index is 12.4. The molecule has 1 unspecified atom stereocenters. The van der Waals surface area contributed by atoms with Gasteiger partial charge in [-0.05, 0) is 29.9 Å². The first-order valence-corrected chi connectivity index (χ1v) is 8.82. The van der Waals surface area contributed by atoms with Gasteiger partial charge in [-0.2, -0.15) is 0 Å². The number of nitrogens with zero attached hydrogens (tertiary/aromatic N) is 1. The van der Waals surface area contributed by atoms with Crippen molar-refractivity contribution in [2.45, 2.75) is 38.5 Å². The highest BCUT2D eigenvalue weighted by molar-refractivity contribution is 7.88. The summed E-state index contributed by atoms with van der Waals surface area (Å²) in [5, 5.41) is 8.99. The molecule has 4 nitrogen and oxygen atoms in total. The first-order valence-electron chi connectivity index (χ1n) is 7.21. The van der Waals surface area contributed by atoms with Crippen LogP contribution < -0.4 is 0 Å². The summed E-state index contributed by atoms with van der Waals surface area (Å²) in [5.74, 6) is 0.546. The van der Waals surface area contributed by atoms with Crippen molar-refractivity contribution in [1.82, 2.24) is 4.31 Å². The molecular weight excluding hydrogens is 274 g/mol. The standard InChI is InChI=1S/C15H23NO3S/c1-2-13-4-3-9-16(10-13)20(18,19)12-15-7-5-14(11-17)6-8-15/h5-8,13,17H,2-4,9-12H2,1H3. The van der Waals surface area contributed by atoms with Gasteiger partial charge in [0.25, 0.3) is 0 Å². The van der Waals surface area contributed by atoms with Crippen LogP contribution in [0.25, 0.3) is 0 Å². The number of piperidine rings is 1. The molecule has 112 valence electrons. The summed E-state index contributed by atoms with van der Waals surface area (Å²) in [7, 11) is -3.23. The van der Waals surface area contributed by atoms with E-state index in [4.69, 9.17) is 5.11 Å². The lowest BCUT2D eigenvalue weighted by Gasteiger charge is -2.31. The van der Waals surface area contributed by atoms with Gasteiger partial charge in [-0.3, -0.25) is 0 Å². The van der Waals surface area contributed by atoms with Crippen molar-refractivity contribution in [3.63, 3.8) is 0 Å². The van der Waals surface area contributed by atoms with Gasteiger partial charge in [-0.1, -0.05) is 37.6 Å². The highest BCUT2D eigenvalue weighted by Crippen LogP contribution is 2.23. The maximum atomic E-state index is 12.4. The van der Waals surface area contributed by atoms with E-state index < -0.39 is 10.0 Å². The molecule has 5 heteroatoms. The second-order valence-electron chi connectivity index (χ2n) is 5.51. The zero-order valence-corrected chi connectivity index (χ0v) is 12.8. The van der Waals surface area contributed by atoms with Crippen molar-refractivity contribution < 1.29 is 13.5 Å². The molecule has 1 atom stereocenters. The van der Waals surface area contributed by atoms with Crippen LogP contribution in [0.4, 0.5) is 0 Å². The molecule has 1 heterocycles. The number of sulfonamides is 1. The molecule has 2 rings (SSSR count). The number of rotatable bonds is 5. The minimum absolute atomic E-state index is 0.0165. The van der Waals surface area contributed by atoms with Crippen molar-refractivity contribution in [2.75, 3.05) is 13.1 Å². The molecule has 1 aliphatic rings. The third-order valence-corrected chi connectivity index (χ3v) is 5.82. The van der Waals surface area contributed by atoms with Crippen molar-refractivity contribution in [2.24, 2.45) is 5.92 Å². The number of hydrogen-bond acceptors (Lipinski definition) is 3. The van der Waals surface area contributed by atoms with Gasteiger partial charge in [-0.15, -0.1) is 0 Å². The molecule has 20 heavy (non-hydrogen) atoms. The van der Waals surface area contributed by atoms with Crippen LogP contribution in [0.15, 0.2) is 24.3 Å². The topological polar surface area (TPSA) is 57.6 Å². The fourth-order valence-electron chi connectivity index (χ4n) is 2.66. The lowest BCUT2D eigenvalue weighted by Crippen LogP contribution is -2.40. The normalized spacial score (nSPS) is 21.0. The number of benzene rings is 1. The Morgan fingerprint density at radius 3 is 2.50 bits per heavy atom. The van der Waals surface area contributed by atoms with Crippen LogP contribution in [-0.2, 0) is 22.4 Å². The Morgan fingerprint density at radius 1 is 1.25 bits per heavy atom. The zero-order chi connectivity index (χ0) is 14.6. The highest BCUT2D eigenvalue weighted by atomic mass is 32.2. The lowest BCUT2D eigenvalue weighted by molar-refractivity contribution is 0.261. The molecular formula is C15H23NO3S. The maximum Gasteiger partial charge on any atom is 0.218 e. The van der Waals surface area contributed by atoms with Gasteiger partial charge in [0.2, 0.25) is 10.0 Å². The van der Waals surface area contributed by atoms with E-state index in [1.54, 1.807) is 28.6 Å². The second-order valence-corrected chi connectivity index (χ2v) is 7.47. The SMILES string of the molecule is CCC1CCCN(S(=O)(=O)Cc2ccc(CO)cc2)C1. The molecule has 0 bridgehead atoms. The molecule has 1 saturated heterocycles. The smallest absolute Gasteiger partial charge is 0.218 e. The minimum Gasteiger partial charge on any atom is -0.392 e. The van der Waals surface area contributed by atoms with E-state index in [-0.39, 0.29) is 12.4 Å². The van der Waals surface area contributed by atoms with E-state index >= 15 is 0 Å². The Morgan fingerprint density at radius 2 is 1.90 bits per heavy atom. The van der Waals surface area contributed by atoms with Gasteiger partial charge in [0, 0.05) is 13.1 Å². The van der Waals surface area contributed by atoms with Crippen molar-refractivity contribution >= 4 is 10.0 Å². The number of aliphatic hydroxyl groups is 1. The molecule has 0 amide bonds. The molecule has 0 saturated carbocycles. The monoisotopic (exact) mass is 297 g/mol. The number of aliphatic hydroxyl groups excluding tert-OH is 1. The largest absolute Gasteiger partial charge is 0.392 e. The molecule has 1 N–H and O–H groups in total. The van der Waals surface area contributed by atoms with Gasteiger partial charge in [0.05, 0.1) is 12.4 Å². The van der Waals surface area contributed by atoms with Crippen LogP contribution >= 0.6 is 0 Å². The van der Waals surface area contributed by atoms with E-state index in [0.717, 1.165) is 30.4 Å². The third kappa shape index (κ3) is 3.81. The Balaban J connectivity index is 2.05. The summed E-state index contributed by atoms with van der Waals surface area (Å²) in [6, 6.07) is 7.11. The summed E-state index contributed by atoms with van der Waals surface area (Å²) in [4.78, 5) is 0. The average molecular weight is 297 g/mol. The predicted octanol–water partition coefficient (Wildman–Crippen LogP) is 2.13. The summed E-state index contributed by atoms with van der Waals surface area (Å²) in [6.07, 6.45) is 3.13. The van der Waals surface area contributed by atoms with Crippen LogP contribution in [0, 0.1) is 5.92 Å². The van der Waals surface area contributed by atoms with E-state index in [9.17, 15) is 8.42 Å². The Kier molecular flexibility index (Phi) is 5.18. The predicted molar refractivity (Wildman–Crippen MR) is 79.6 cm³/mol. The van der Waals surface area contributed by atoms with Gasteiger partial charge < -0.3 is 5.11 Å². The summed E-state index contributed by atoms with van der Waals surface area (Å²) in [5.41, 5.74) is 1.58. The van der Waals surface area contributed by atoms with Gasteiger partial charge >= 0.3 is 0 Å². The highest BCUT2D eigenvalue weighted by Gasteiger charge is 2.28. The molecule has 1 fully saturated rings. The Hall–Kier alpha value is -0.910. The molecule has 1 aliphatic heterocycles. The zero-order valence-electron chi connectivity index (χ0n) is 12.0. The first kappa shape index (κ1) is 15.5. The fourth-order valence-corrected chi connectivity index (χ4v) is 4.30. The van der Waals surface area contributed by atoms with Gasteiger partial charge in [-0.25, -0.2) is 12.7 Å². The molecule has 0 aliphatic carbocycles. The molecule has 1 aromatic carbocycles. The van der Waals surface area contributed by atoms with Crippen LogP contribution in [-0.4, -0.2) is 30.9 Å². The van der Waals surface area contributed by atoms with Crippen LogP contribution in [0.5, 0.6) is 0 Å². The van der Waals surface area contributed by atoms with E-state index in [1.807, 2.05) is 0 Å². The first-order chi connectivity index (χ1) is 9.55. The summed E-state index contributed by atoms with van der Waals surface area (Å²) in [6.45, 7) is 3.41. The Labute approximate surface area is 121 Å². The van der Waals surface area contributed by atoms with Crippen LogP contribution in [0.1, 0.15) is 37.3 Å². The van der Waals surface area contributed by atoms with Gasteiger partial charge in [0.15, 0.2) is 0 Å². The molecule has 0 spiro atoms. The van der Waals surface area contributed by atoms with Crippen molar-refractivity contribution in [1.29, 1.82) is 0 Å². The quantitative estimate of drug-likeness (QED) is 0.906. The van der Waals surface area contributed by atoms with Crippen LogP contribution in [0.2, 0.25) is 0 Å². The lowest BCUT2D eigenvalue weighted by atomic mass is 9.97.